The van der Waals surface area contributed by atoms with Crippen molar-refractivity contribution >= 4 is 23.5 Å². The van der Waals surface area contributed by atoms with Crippen LogP contribution in [0.2, 0.25) is 0 Å². The van der Waals surface area contributed by atoms with Crippen LogP contribution in [0.1, 0.15) is 10.4 Å². The van der Waals surface area contributed by atoms with Gasteiger partial charge >= 0.3 is 0 Å². The number of primary amides is 1. The molecule has 0 atom stereocenters. The van der Waals surface area contributed by atoms with Crippen LogP contribution >= 0.6 is 0 Å². The predicted molar refractivity (Wildman–Crippen MR) is 88.4 cm³/mol. The Labute approximate surface area is 137 Å². The van der Waals surface area contributed by atoms with E-state index in [0.29, 0.717) is 22.8 Å². The Morgan fingerprint density at radius 2 is 2.12 bits per heavy atom. The first-order valence-electron chi connectivity index (χ1n) is 6.97. The van der Waals surface area contributed by atoms with Crippen LogP contribution in [0.5, 0.6) is 5.75 Å². The molecule has 5 N–H and O–H groups in total. The zero-order valence-corrected chi connectivity index (χ0v) is 12.8. The van der Waals surface area contributed by atoms with Crippen LogP contribution in [0.3, 0.4) is 0 Å². The number of hydrogen-bond acceptors (Lipinski definition) is 7. The van der Waals surface area contributed by atoms with E-state index in [1.165, 1.54) is 11.8 Å². The summed E-state index contributed by atoms with van der Waals surface area (Å²) in [5.74, 6) is 0.896. The topological polar surface area (TPSA) is 134 Å². The molecule has 0 bridgehead atoms. The molecule has 3 rings (SSSR count). The number of carbonyl (C=O) groups is 1. The Balaban J connectivity index is 1.95. The molecule has 0 radical (unpaired) electrons. The minimum absolute atomic E-state index is 0.168. The van der Waals surface area contributed by atoms with E-state index in [1.807, 2.05) is 6.07 Å². The standard InChI is InChI=1S/C15H15N7O2/c1-24-11-6-5-9(13(16)23)8-10(11)19-15-20-14(17)22(21-15)12-4-2-3-7-18-12/h2-8H,1H3,(H2,16,23)(H3,17,19,20,21). The number of hydrogen-bond donors (Lipinski definition) is 3. The summed E-state index contributed by atoms with van der Waals surface area (Å²) in [7, 11) is 1.51. The highest BCUT2D eigenvalue weighted by Crippen LogP contribution is 2.28. The summed E-state index contributed by atoms with van der Waals surface area (Å²) in [6.07, 6.45) is 1.63. The summed E-state index contributed by atoms with van der Waals surface area (Å²) in [5.41, 5.74) is 12.0. The molecule has 9 heteroatoms. The number of rotatable bonds is 5. The lowest BCUT2D eigenvalue weighted by Gasteiger charge is -2.09. The monoisotopic (exact) mass is 325 g/mol. The van der Waals surface area contributed by atoms with Gasteiger partial charge in [-0.2, -0.15) is 9.67 Å². The van der Waals surface area contributed by atoms with Crippen molar-refractivity contribution in [2.45, 2.75) is 0 Å². The molecule has 0 aliphatic carbocycles. The average molecular weight is 325 g/mol. The van der Waals surface area contributed by atoms with Crippen molar-refractivity contribution in [2.75, 3.05) is 18.2 Å². The zero-order valence-electron chi connectivity index (χ0n) is 12.8. The van der Waals surface area contributed by atoms with Crippen molar-refractivity contribution in [3.8, 4) is 11.6 Å². The van der Waals surface area contributed by atoms with Crippen molar-refractivity contribution < 1.29 is 9.53 Å². The number of anilines is 3. The molecular weight excluding hydrogens is 310 g/mol. The fourth-order valence-corrected chi connectivity index (χ4v) is 2.10. The van der Waals surface area contributed by atoms with Gasteiger partial charge < -0.3 is 21.5 Å². The first-order valence-corrected chi connectivity index (χ1v) is 6.97. The number of methoxy groups -OCH3 is 1. The molecule has 0 unspecified atom stereocenters. The quantitative estimate of drug-likeness (QED) is 0.639. The molecule has 2 heterocycles. The minimum atomic E-state index is -0.549. The first kappa shape index (κ1) is 15.3. The van der Waals surface area contributed by atoms with Crippen LogP contribution in [0.15, 0.2) is 42.6 Å². The number of amides is 1. The smallest absolute Gasteiger partial charge is 0.249 e. The number of aromatic nitrogens is 4. The van der Waals surface area contributed by atoms with Gasteiger partial charge in [0.2, 0.25) is 17.8 Å². The Morgan fingerprint density at radius 3 is 2.79 bits per heavy atom. The van der Waals surface area contributed by atoms with Gasteiger partial charge in [0.1, 0.15) is 5.75 Å². The van der Waals surface area contributed by atoms with Gasteiger partial charge in [0, 0.05) is 11.8 Å². The van der Waals surface area contributed by atoms with Gasteiger partial charge in [-0.15, -0.1) is 5.10 Å². The molecule has 0 fully saturated rings. The molecule has 0 saturated heterocycles. The number of pyridine rings is 1. The highest BCUT2D eigenvalue weighted by Gasteiger charge is 2.13. The van der Waals surface area contributed by atoms with Gasteiger partial charge in [0.15, 0.2) is 5.82 Å². The van der Waals surface area contributed by atoms with Crippen molar-refractivity contribution in [1.29, 1.82) is 0 Å². The van der Waals surface area contributed by atoms with Crippen LogP contribution in [0.4, 0.5) is 17.6 Å². The van der Waals surface area contributed by atoms with Crippen LogP contribution in [0.25, 0.3) is 5.82 Å². The molecule has 0 spiro atoms. The average Bonchev–Trinajstić information content (AvgIpc) is 2.96. The summed E-state index contributed by atoms with van der Waals surface area (Å²) in [6, 6.07) is 10.1. The highest BCUT2D eigenvalue weighted by molar-refractivity contribution is 5.94. The predicted octanol–water partition coefficient (Wildman–Crippen LogP) is 1.10. The second kappa shape index (κ2) is 6.24. The van der Waals surface area contributed by atoms with E-state index in [4.69, 9.17) is 16.2 Å². The second-order valence-corrected chi connectivity index (χ2v) is 4.80. The fourth-order valence-electron chi connectivity index (χ4n) is 2.10. The number of benzene rings is 1. The fraction of sp³-hybridized carbons (Fsp3) is 0.0667. The Morgan fingerprint density at radius 1 is 1.29 bits per heavy atom. The number of nitrogens with two attached hydrogens (primary N) is 2. The lowest BCUT2D eigenvalue weighted by atomic mass is 10.2. The van der Waals surface area contributed by atoms with E-state index in [-0.39, 0.29) is 11.9 Å². The first-order chi connectivity index (χ1) is 11.6. The number of nitrogens with zero attached hydrogens (tertiary/aromatic N) is 4. The Bertz CT molecular complexity index is 877. The summed E-state index contributed by atoms with van der Waals surface area (Å²) in [5, 5.41) is 7.23. The Hall–Kier alpha value is -3.62. The van der Waals surface area contributed by atoms with Gasteiger partial charge in [0.05, 0.1) is 12.8 Å². The SMILES string of the molecule is COc1ccc(C(N)=O)cc1Nc1nc(N)n(-c2ccccn2)n1. The van der Waals surface area contributed by atoms with E-state index in [9.17, 15) is 4.79 Å². The van der Waals surface area contributed by atoms with Crippen LogP contribution in [0, 0.1) is 0 Å². The number of nitrogens with one attached hydrogen (secondary N) is 1. The Kier molecular flexibility index (Phi) is 3.98. The van der Waals surface area contributed by atoms with Gasteiger partial charge in [0.25, 0.3) is 0 Å². The van der Waals surface area contributed by atoms with Crippen LogP contribution < -0.4 is 21.5 Å². The van der Waals surface area contributed by atoms with Gasteiger partial charge in [-0.05, 0) is 30.3 Å². The van der Waals surface area contributed by atoms with Crippen molar-refractivity contribution in [3.05, 3.63) is 48.2 Å². The normalized spacial score (nSPS) is 10.4. The molecule has 24 heavy (non-hydrogen) atoms. The summed E-state index contributed by atoms with van der Waals surface area (Å²) >= 11 is 0. The molecule has 2 aromatic heterocycles. The lowest BCUT2D eigenvalue weighted by molar-refractivity contribution is 0.100. The van der Waals surface area contributed by atoms with Gasteiger partial charge in [-0.25, -0.2) is 4.98 Å². The number of nitrogen functional groups attached to an aromatic ring is 1. The molecular formula is C15H15N7O2. The maximum atomic E-state index is 11.3. The zero-order chi connectivity index (χ0) is 17.1. The lowest BCUT2D eigenvalue weighted by Crippen LogP contribution is -2.11. The van der Waals surface area contributed by atoms with Gasteiger partial charge in [-0.3, -0.25) is 4.79 Å². The highest BCUT2D eigenvalue weighted by atomic mass is 16.5. The van der Waals surface area contributed by atoms with Crippen LogP contribution in [-0.2, 0) is 0 Å². The van der Waals surface area contributed by atoms with E-state index >= 15 is 0 Å². The molecule has 122 valence electrons. The van der Waals surface area contributed by atoms with Crippen molar-refractivity contribution in [1.82, 2.24) is 19.7 Å². The molecule has 9 nitrogen and oxygen atoms in total. The van der Waals surface area contributed by atoms with Crippen LogP contribution in [-0.4, -0.2) is 32.8 Å². The minimum Gasteiger partial charge on any atom is -0.495 e. The second-order valence-electron chi connectivity index (χ2n) is 4.80. The van der Waals surface area contributed by atoms with Gasteiger partial charge in [-0.1, -0.05) is 6.07 Å². The molecule has 0 saturated carbocycles. The third-order valence-electron chi connectivity index (χ3n) is 3.23. The summed E-state index contributed by atoms with van der Waals surface area (Å²) in [4.78, 5) is 19.6. The number of ether oxygens (including phenoxy) is 1. The third kappa shape index (κ3) is 2.95. The van der Waals surface area contributed by atoms with E-state index in [0.717, 1.165) is 0 Å². The maximum Gasteiger partial charge on any atom is 0.249 e. The van der Waals surface area contributed by atoms with E-state index < -0.39 is 5.91 Å². The molecule has 0 aliphatic rings. The third-order valence-corrected chi connectivity index (χ3v) is 3.23. The molecule has 0 aliphatic heterocycles. The molecule has 3 aromatic rings. The van der Waals surface area contributed by atoms with Crippen molar-refractivity contribution in [3.63, 3.8) is 0 Å². The largest absolute Gasteiger partial charge is 0.495 e. The molecule has 1 amide bonds. The summed E-state index contributed by atoms with van der Waals surface area (Å²) < 4.78 is 6.65. The van der Waals surface area contributed by atoms with E-state index in [1.54, 1.807) is 36.5 Å². The maximum absolute atomic E-state index is 11.3. The number of carbonyl (C=O) groups excluding carboxylic acids is 1. The van der Waals surface area contributed by atoms with E-state index in [2.05, 4.69) is 20.4 Å². The van der Waals surface area contributed by atoms with Crippen molar-refractivity contribution in [2.24, 2.45) is 5.73 Å². The summed E-state index contributed by atoms with van der Waals surface area (Å²) in [6.45, 7) is 0. The molecule has 1 aromatic carbocycles.